The van der Waals surface area contributed by atoms with Crippen molar-refractivity contribution in [1.29, 1.82) is 0 Å². The lowest BCUT2D eigenvalue weighted by Gasteiger charge is -2.23. The van der Waals surface area contributed by atoms with E-state index in [4.69, 9.17) is 10.5 Å². The van der Waals surface area contributed by atoms with Gasteiger partial charge in [0.15, 0.2) is 0 Å². The fourth-order valence-corrected chi connectivity index (χ4v) is 2.55. The van der Waals surface area contributed by atoms with Crippen molar-refractivity contribution in [2.45, 2.75) is 39.3 Å². The summed E-state index contributed by atoms with van der Waals surface area (Å²) >= 11 is 0. The van der Waals surface area contributed by atoms with Gasteiger partial charge in [-0.1, -0.05) is 42.5 Å². The number of carbonyl (C=O) groups excluding carboxylic acids is 1. The molecule has 2 rings (SSSR count). The molecule has 0 radical (unpaired) electrons. The Morgan fingerprint density at radius 3 is 2.50 bits per heavy atom. The van der Waals surface area contributed by atoms with Crippen molar-refractivity contribution in [2.24, 2.45) is 5.73 Å². The predicted octanol–water partition coefficient (Wildman–Crippen LogP) is 4.19. The van der Waals surface area contributed by atoms with Crippen LogP contribution in [-0.4, -0.2) is 18.2 Å². The summed E-state index contributed by atoms with van der Waals surface area (Å²) in [7, 11) is 0. The summed E-state index contributed by atoms with van der Waals surface area (Å²) in [6.45, 7) is 7.90. The lowest BCUT2D eigenvalue weighted by molar-refractivity contribution is 0.0505. The van der Waals surface area contributed by atoms with Crippen LogP contribution in [0.3, 0.4) is 0 Å². The molecule has 0 aromatic heterocycles. The van der Waals surface area contributed by atoms with Crippen LogP contribution in [0.4, 0.5) is 4.79 Å². The zero-order valence-electron chi connectivity index (χ0n) is 14.8. The lowest BCUT2D eigenvalue weighted by atomic mass is 9.97. The fourth-order valence-electron chi connectivity index (χ4n) is 2.55. The normalized spacial score (nSPS) is 12.5. The molecule has 0 fully saturated rings. The SMILES string of the molecule is Cc1ccccc1-c1cccc(C(CN)NC(=O)OC(C)(C)C)c1. The van der Waals surface area contributed by atoms with Gasteiger partial charge in [0.25, 0.3) is 0 Å². The van der Waals surface area contributed by atoms with E-state index in [0.717, 1.165) is 11.1 Å². The van der Waals surface area contributed by atoms with Crippen LogP contribution in [0.1, 0.15) is 37.9 Å². The van der Waals surface area contributed by atoms with E-state index in [1.54, 1.807) is 0 Å². The Morgan fingerprint density at radius 1 is 1.17 bits per heavy atom. The van der Waals surface area contributed by atoms with Gasteiger partial charge in [-0.2, -0.15) is 0 Å². The second-order valence-electron chi connectivity index (χ2n) is 6.87. The summed E-state index contributed by atoms with van der Waals surface area (Å²) in [5, 5.41) is 2.85. The minimum absolute atomic E-state index is 0.288. The number of alkyl carbamates (subject to hydrolysis) is 1. The highest BCUT2D eigenvalue weighted by Gasteiger charge is 2.20. The number of nitrogens with two attached hydrogens (primary N) is 1. The van der Waals surface area contributed by atoms with Crippen LogP contribution in [-0.2, 0) is 4.74 Å². The number of benzene rings is 2. The van der Waals surface area contributed by atoms with Gasteiger partial charge in [-0.3, -0.25) is 0 Å². The summed E-state index contributed by atoms with van der Waals surface area (Å²) in [5.41, 5.74) is 9.78. The van der Waals surface area contributed by atoms with Crippen molar-refractivity contribution in [3.63, 3.8) is 0 Å². The molecule has 0 saturated carbocycles. The third-order valence-corrected chi connectivity index (χ3v) is 3.67. The largest absolute Gasteiger partial charge is 0.444 e. The van der Waals surface area contributed by atoms with Gasteiger partial charge in [0.1, 0.15) is 5.60 Å². The van der Waals surface area contributed by atoms with E-state index in [1.165, 1.54) is 11.1 Å². The van der Waals surface area contributed by atoms with Crippen molar-refractivity contribution < 1.29 is 9.53 Å². The highest BCUT2D eigenvalue weighted by Crippen LogP contribution is 2.26. The second-order valence-corrected chi connectivity index (χ2v) is 6.87. The quantitative estimate of drug-likeness (QED) is 0.885. The molecule has 0 aliphatic rings. The zero-order valence-corrected chi connectivity index (χ0v) is 14.8. The monoisotopic (exact) mass is 326 g/mol. The number of rotatable bonds is 4. The Bertz CT molecular complexity index is 705. The van der Waals surface area contributed by atoms with Crippen LogP contribution < -0.4 is 11.1 Å². The maximum absolute atomic E-state index is 12.0. The maximum atomic E-state index is 12.0. The van der Waals surface area contributed by atoms with Crippen LogP contribution in [0.15, 0.2) is 48.5 Å². The molecule has 1 unspecified atom stereocenters. The number of hydrogen-bond acceptors (Lipinski definition) is 3. The molecule has 3 N–H and O–H groups in total. The Morgan fingerprint density at radius 2 is 1.88 bits per heavy atom. The Labute approximate surface area is 144 Å². The van der Waals surface area contributed by atoms with Gasteiger partial charge in [0, 0.05) is 6.54 Å². The van der Waals surface area contributed by atoms with Crippen LogP contribution >= 0.6 is 0 Å². The highest BCUT2D eigenvalue weighted by atomic mass is 16.6. The molecular weight excluding hydrogens is 300 g/mol. The first-order chi connectivity index (χ1) is 11.3. The molecule has 0 saturated heterocycles. The van der Waals surface area contributed by atoms with Gasteiger partial charge in [-0.25, -0.2) is 4.79 Å². The van der Waals surface area contributed by atoms with Gasteiger partial charge in [-0.15, -0.1) is 0 Å². The molecule has 0 heterocycles. The van der Waals surface area contributed by atoms with Crippen molar-refractivity contribution in [3.8, 4) is 11.1 Å². The molecule has 2 aromatic carbocycles. The Kier molecular flexibility index (Phi) is 5.62. The van der Waals surface area contributed by atoms with E-state index in [0.29, 0.717) is 6.54 Å². The molecule has 0 bridgehead atoms. The molecule has 24 heavy (non-hydrogen) atoms. The van der Waals surface area contributed by atoms with Gasteiger partial charge >= 0.3 is 6.09 Å². The molecule has 128 valence electrons. The minimum Gasteiger partial charge on any atom is -0.444 e. The van der Waals surface area contributed by atoms with Gasteiger partial charge in [0.05, 0.1) is 6.04 Å². The molecule has 4 heteroatoms. The third kappa shape index (κ3) is 4.83. The van der Waals surface area contributed by atoms with Crippen molar-refractivity contribution >= 4 is 6.09 Å². The van der Waals surface area contributed by atoms with E-state index < -0.39 is 11.7 Å². The second kappa shape index (κ2) is 7.49. The number of carbonyl (C=O) groups is 1. The Balaban J connectivity index is 2.22. The van der Waals surface area contributed by atoms with E-state index in [9.17, 15) is 4.79 Å². The summed E-state index contributed by atoms with van der Waals surface area (Å²) in [5.74, 6) is 0. The standard InChI is InChI=1S/C20H26N2O2/c1-14-8-5-6-11-17(14)15-9-7-10-16(12-15)18(13-21)22-19(23)24-20(2,3)4/h5-12,18H,13,21H2,1-4H3,(H,22,23). The first kappa shape index (κ1) is 18.0. The molecule has 0 aliphatic carbocycles. The lowest BCUT2D eigenvalue weighted by Crippen LogP contribution is -2.37. The molecule has 1 amide bonds. The molecule has 2 aromatic rings. The number of nitrogens with one attached hydrogen (secondary N) is 1. The average Bonchev–Trinajstić information content (AvgIpc) is 2.51. The predicted molar refractivity (Wildman–Crippen MR) is 97.8 cm³/mol. The Hall–Kier alpha value is -2.33. The average molecular weight is 326 g/mol. The van der Waals surface area contributed by atoms with E-state index in [-0.39, 0.29) is 6.04 Å². The number of aryl methyl sites for hydroxylation is 1. The van der Waals surface area contributed by atoms with E-state index in [2.05, 4.69) is 36.5 Å². The highest BCUT2D eigenvalue weighted by molar-refractivity contribution is 5.70. The number of amides is 1. The van der Waals surface area contributed by atoms with Crippen LogP contribution in [0.2, 0.25) is 0 Å². The molecule has 0 aliphatic heterocycles. The molecule has 1 atom stereocenters. The topological polar surface area (TPSA) is 64.3 Å². The van der Waals surface area contributed by atoms with Crippen LogP contribution in [0.5, 0.6) is 0 Å². The number of ether oxygens (including phenoxy) is 1. The summed E-state index contributed by atoms with van der Waals surface area (Å²) in [6.07, 6.45) is -0.459. The summed E-state index contributed by atoms with van der Waals surface area (Å²) < 4.78 is 5.32. The van der Waals surface area contributed by atoms with Gasteiger partial charge in [-0.05, 0) is 56.0 Å². The van der Waals surface area contributed by atoms with Crippen LogP contribution in [0.25, 0.3) is 11.1 Å². The zero-order chi connectivity index (χ0) is 17.7. The van der Waals surface area contributed by atoms with Crippen molar-refractivity contribution in [3.05, 3.63) is 59.7 Å². The first-order valence-corrected chi connectivity index (χ1v) is 8.15. The van der Waals surface area contributed by atoms with Crippen molar-refractivity contribution in [2.75, 3.05) is 6.54 Å². The van der Waals surface area contributed by atoms with E-state index >= 15 is 0 Å². The smallest absolute Gasteiger partial charge is 0.408 e. The van der Waals surface area contributed by atoms with Crippen molar-refractivity contribution in [1.82, 2.24) is 5.32 Å². The number of hydrogen-bond donors (Lipinski definition) is 2. The third-order valence-electron chi connectivity index (χ3n) is 3.67. The molecular formula is C20H26N2O2. The minimum atomic E-state index is -0.535. The first-order valence-electron chi connectivity index (χ1n) is 8.15. The fraction of sp³-hybridized carbons (Fsp3) is 0.350. The summed E-state index contributed by atoms with van der Waals surface area (Å²) in [6, 6.07) is 16.0. The summed E-state index contributed by atoms with van der Waals surface area (Å²) in [4.78, 5) is 12.0. The van der Waals surface area contributed by atoms with Gasteiger partial charge < -0.3 is 15.8 Å². The molecule has 0 spiro atoms. The van der Waals surface area contributed by atoms with E-state index in [1.807, 2.05) is 45.0 Å². The van der Waals surface area contributed by atoms with Crippen LogP contribution in [0, 0.1) is 6.92 Å². The van der Waals surface area contributed by atoms with Gasteiger partial charge in [0.2, 0.25) is 0 Å². The molecule has 4 nitrogen and oxygen atoms in total. The maximum Gasteiger partial charge on any atom is 0.408 e.